The first-order valence-corrected chi connectivity index (χ1v) is 4.69. The Morgan fingerprint density at radius 2 is 2.29 bits per heavy atom. The number of nitrogens with zero attached hydrogens (tertiary/aromatic N) is 2. The van der Waals surface area contributed by atoms with Crippen molar-refractivity contribution in [3.05, 3.63) is 30.6 Å². The van der Waals surface area contributed by atoms with E-state index in [1.807, 2.05) is 28.8 Å². The zero-order valence-corrected chi connectivity index (χ0v) is 8.62. The predicted octanol–water partition coefficient (Wildman–Crippen LogP) is 2.01. The zero-order chi connectivity index (χ0) is 9.97. The summed E-state index contributed by atoms with van der Waals surface area (Å²) in [5, 5.41) is 0.563. The van der Waals surface area contributed by atoms with Gasteiger partial charge in [-0.1, -0.05) is 12.1 Å². The van der Waals surface area contributed by atoms with Crippen LogP contribution < -0.4 is 0 Å². The summed E-state index contributed by atoms with van der Waals surface area (Å²) in [6.45, 7) is 0.576. The number of aromatic nitrogens is 2. The number of fused-ring (bicyclic) bond motifs is 1. The van der Waals surface area contributed by atoms with Crippen LogP contribution >= 0.6 is 12.2 Å². The number of hydrogen-bond acceptors (Lipinski definition) is 3. The monoisotopic (exact) mass is 206 g/mol. The number of imidazole rings is 1. The van der Waals surface area contributed by atoms with Gasteiger partial charge in [-0.3, -0.25) is 0 Å². The molecule has 0 aliphatic heterocycles. The second kappa shape index (κ2) is 3.75. The predicted molar refractivity (Wildman–Crippen MR) is 59.3 cm³/mol. The molecule has 14 heavy (non-hydrogen) atoms. The summed E-state index contributed by atoms with van der Waals surface area (Å²) in [5.74, 6) is 0. The first-order valence-electron chi connectivity index (χ1n) is 4.28. The van der Waals surface area contributed by atoms with Gasteiger partial charge in [0.2, 0.25) is 0 Å². The normalized spacial score (nSPS) is 10.4. The van der Waals surface area contributed by atoms with E-state index < -0.39 is 0 Å². The number of rotatable bonds is 2. The Morgan fingerprint density at radius 3 is 3.07 bits per heavy atom. The molecule has 0 aliphatic carbocycles. The van der Waals surface area contributed by atoms with Crippen molar-refractivity contribution in [2.24, 2.45) is 0 Å². The third-order valence-corrected chi connectivity index (χ3v) is 2.35. The van der Waals surface area contributed by atoms with Gasteiger partial charge in [-0.15, -0.1) is 0 Å². The minimum atomic E-state index is 0.563. The quantitative estimate of drug-likeness (QED) is 0.703. The van der Waals surface area contributed by atoms with Crippen molar-refractivity contribution in [3.63, 3.8) is 0 Å². The molecule has 1 aromatic carbocycles. The first-order chi connectivity index (χ1) is 6.81. The summed E-state index contributed by atoms with van der Waals surface area (Å²) in [5.41, 5.74) is 2.05. The molecule has 0 saturated heterocycles. The molecule has 0 unspecified atom stereocenters. The van der Waals surface area contributed by atoms with E-state index in [0.29, 0.717) is 11.6 Å². The SMILES string of the molecule is COC(=S)Cn1cnc2ccccc21. The minimum Gasteiger partial charge on any atom is -0.488 e. The zero-order valence-electron chi connectivity index (χ0n) is 7.80. The van der Waals surface area contributed by atoms with Gasteiger partial charge in [0.1, 0.15) is 0 Å². The molecule has 0 aliphatic rings. The molecular formula is C10H10N2OS. The summed E-state index contributed by atoms with van der Waals surface area (Å²) in [4.78, 5) is 4.25. The molecule has 1 aromatic heterocycles. The van der Waals surface area contributed by atoms with Crippen LogP contribution in [0.15, 0.2) is 30.6 Å². The highest BCUT2D eigenvalue weighted by atomic mass is 32.1. The van der Waals surface area contributed by atoms with Crippen molar-refractivity contribution in [2.75, 3.05) is 7.11 Å². The summed E-state index contributed by atoms with van der Waals surface area (Å²) in [6.07, 6.45) is 1.77. The molecular weight excluding hydrogens is 196 g/mol. The summed E-state index contributed by atoms with van der Waals surface area (Å²) >= 11 is 5.00. The van der Waals surface area contributed by atoms with Crippen LogP contribution in [0.4, 0.5) is 0 Å². The van der Waals surface area contributed by atoms with Crippen LogP contribution in [0.3, 0.4) is 0 Å². The Morgan fingerprint density at radius 1 is 1.50 bits per heavy atom. The first kappa shape index (κ1) is 9.15. The van der Waals surface area contributed by atoms with Gasteiger partial charge in [0.15, 0.2) is 5.05 Å². The maximum absolute atomic E-state index is 5.00. The van der Waals surface area contributed by atoms with E-state index in [2.05, 4.69) is 4.98 Å². The van der Waals surface area contributed by atoms with Crippen LogP contribution in [0.1, 0.15) is 0 Å². The van der Waals surface area contributed by atoms with Crippen LogP contribution in [-0.4, -0.2) is 21.7 Å². The lowest BCUT2D eigenvalue weighted by atomic mass is 10.3. The molecule has 0 radical (unpaired) electrons. The molecule has 0 spiro atoms. The van der Waals surface area contributed by atoms with Crippen molar-refractivity contribution in [1.82, 2.24) is 9.55 Å². The number of methoxy groups -OCH3 is 1. The van der Waals surface area contributed by atoms with Crippen molar-refractivity contribution in [3.8, 4) is 0 Å². The summed E-state index contributed by atoms with van der Waals surface area (Å²) < 4.78 is 6.93. The molecule has 0 atom stereocenters. The molecule has 3 nitrogen and oxygen atoms in total. The van der Waals surface area contributed by atoms with Gasteiger partial charge in [-0.25, -0.2) is 4.98 Å². The molecule has 4 heteroatoms. The maximum Gasteiger partial charge on any atom is 0.179 e. The van der Waals surface area contributed by atoms with Gasteiger partial charge in [-0.05, 0) is 24.4 Å². The highest BCUT2D eigenvalue weighted by Gasteiger charge is 2.03. The van der Waals surface area contributed by atoms with Crippen LogP contribution in [0.25, 0.3) is 11.0 Å². The van der Waals surface area contributed by atoms with Crippen molar-refractivity contribution >= 4 is 28.3 Å². The average molecular weight is 206 g/mol. The Balaban J connectivity index is 2.38. The van der Waals surface area contributed by atoms with Gasteiger partial charge >= 0.3 is 0 Å². The van der Waals surface area contributed by atoms with E-state index in [9.17, 15) is 0 Å². The van der Waals surface area contributed by atoms with Gasteiger partial charge in [0.25, 0.3) is 0 Å². The fourth-order valence-electron chi connectivity index (χ4n) is 1.34. The lowest BCUT2D eigenvalue weighted by Gasteiger charge is -2.03. The maximum atomic E-state index is 5.00. The lowest BCUT2D eigenvalue weighted by molar-refractivity contribution is 0.398. The van der Waals surface area contributed by atoms with E-state index >= 15 is 0 Å². The van der Waals surface area contributed by atoms with E-state index in [-0.39, 0.29) is 0 Å². The second-order valence-corrected chi connectivity index (χ2v) is 3.39. The van der Waals surface area contributed by atoms with Crippen molar-refractivity contribution in [1.29, 1.82) is 0 Å². The van der Waals surface area contributed by atoms with E-state index in [0.717, 1.165) is 11.0 Å². The van der Waals surface area contributed by atoms with Crippen LogP contribution in [0, 0.1) is 0 Å². The number of thiocarbonyl (C=S) groups is 1. The fraction of sp³-hybridized carbons (Fsp3) is 0.200. The van der Waals surface area contributed by atoms with Gasteiger partial charge < -0.3 is 9.30 Å². The molecule has 2 rings (SSSR count). The minimum absolute atomic E-state index is 0.563. The Hall–Kier alpha value is -1.42. The molecule has 2 aromatic rings. The van der Waals surface area contributed by atoms with Crippen LogP contribution in [-0.2, 0) is 11.3 Å². The largest absolute Gasteiger partial charge is 0.488 e. The number of ether oxygens (including phenoxy) is 1. The Kier molecular flexibility index (Phi) is 2.45. The van der Waals surface area contributed by atoms with Gasteiger partial charge in [-0.2, -0.15) is 0 Å². The topological polar surface area (TPSA) is 27.1 Å². The highest BCUT2D eigenvalue weighted by molar-refractivity contribution is 7.80. The van der Waals surface area contributed by atoms with E-state index in [1.165, 1.54) is 0 Å². The third-order valence-electron chi connectivity index (χ3n) is 2.05. The molecule has 72 valence electrons. The number of para-hydroxylation sites is 2. The van der Waals surface area contributed by atoms with Gasteiger partial charge in [0, 0.05) is 0 Å². The molecule has 1 heterocycles. The van der Waals surface area contributed by atoms with Crippen LogP contribution in [0.5, 0.6) is 0 Å². The Bertz CT molecular complexity index is 464. The molecule has 0 N–H and O–H groups in total. The highest BCUT2D eigenvalue weighted by Crippen LogP contribution is 2.11. The molecule has 0 bridgehead atoms. The number of benzene rings is 1. The fourth-order valence-corrected chi connectivity index (χ4v) is 1.48. The van der Waals surface area contributed by atoms with E-state index in [4.69, 9.17) is 17.0 Å². The summed E-state index contributed by atoms with van der Waals surface area (Å²) in [6, 6.07) is 7.94. The number of hydrogen-bond donors (Lipinski definition) is 0. The smallest absolute Gasteiger partial charge is 0.179 e. The molecule has 0 fully saturated rings. The Labute approximate surface area is 87.3 Å². The molecule has 0 saturated carbocycles. The third kappa shape index (κ3) is 1.61. The average Bonchev–Trinajstić information content (AvgIpc) is 2.62. The van der Waals surface area contributed by atoms with Crippen molar-refractivity contribution in [2.45, 2.75) is 6.54 Å². The van der Waals surface area contributed by atoms with E-state index in [1.54, 1.807) is 13.4 Å². The second-order valence-electron chi connectivity index (χ2n) is 2.94. The van der Waals surface area contributed by atoms with Crippen molar-refractivity contribution < 1.29 is 4.74 Å². The van der Waals surface area contributed by atoms with Gasteiger partial charge in [0.05, 0.1) is 31.0 Å². The van der Waals surface area contributed by atoms with Crippen LogP contribution in [0.2, 0.25) is 0 Å². The molecule has 0 amide bonds. The standard InChI is InChI=1S/C10H10N2OS/c1-13-10(14)6-12-7-11-8-4-2-3-5-9(8)12/h2-5,7H,6H2,1H3. The lowest BCUT2D eigenvalue weighted by Crippen LogP contribution is -2.08. The summed E-state index contributed by atoms with van der Waals surface area (Å²) in [7, 11) is 1.58.